The van der Waals surface area contributed by atoms with Crippen molar-refractivity contribution in [3.63, 3.8) is 0 Å². The summed E-state index contributed by atoms with van der Waals surface area (Å²) < 4.78 is 0. The van der Waals surface area contributed by atoms with E-state index in [1.54, 1.807) is 11.1 Å². The number of benzene rings is 2. The van der Waals surface area contributed by atoms with Gasteiger partial charge in [0.05, 0.1) is 0 Å². The molecule has 2 heteroatoms. The van der Waals surface area contributed by atoms with Crippen molar-refractivity contribution in [3.8, 4) is 0 Å². The molecule has 2 heterocycles. The predicted octanol–water partition coefficient (Wildman–Crippen LogP) is 7.07. The summed E-state index contributed by atoms with van der Waals surface area (Å²) in [5, 5.41) is 3.68. The third-order valence-electron chi connectivity index (χ3n) is 8.61. The third-order valence-corrected chi connectivity index (χ3v) is 8.61. The lowest BCUT2D eigenvalue weighted by Crippen LogP contribution is -2.51. The molecule has 1 N–H and O–H groups in total. The van der Waals surface area contributed by atoms with Crippen LogP contribution in [0.5, 0.6) is 0 Å². The fourth-order valence-corrected chi connectivity index (χ4v) is 6.88. The van der Waals surface area contributed by atoms with E-state index < -0.39 is 0 Å². The SMILES string of the molecule is C1=CCCC(C2=C(c3ccc(N4CCCC5(CCCNC5)C4)cc3)c3ccccc3CCC2)=C1. The Morgan fingerprint density at radius 1 is 0.853 bits per heavy atom. The van der Waals surface area contributed by atoms with Gasteiger partial charge in [0.15, 0.2) is 0 Å². The summed E-state index contributed by atoms with van der Waals surface area (Å²) in [6, 6.07) is 18.7. The Bertz CT molecular complexity index is 1110. The number of nitrogens with one attached hydrogen (secondary N) is 1. The molecule has 1 spiro atoms. The molecule has 2 aliphatic carbocycles. The van der Waals surface area contributed by atoms with Gasteiger partial charge in [0.2, 0.25) is 0 Å². The van der Waals surface area contributed by atoms with Crippen molar-refractivity contribution < 1.29 is 0 Å². The zero-order valence-corrected chi connectivity index (χ0v) is 20.5. The normalized spacial score (nSPS) is 25.2. The van der Waals surface area contributed by atoms with E-state index >= 15 is 0 Å². The van der Waals surface area contributed by atoms with Crippen molar-refractivity contribution in [1.29, 1.82) is 0 Å². The molecule has 176 valence electrons. The van der Waals surface area contributed by atoms with Crippen molar-refractivity contribution in [3.05, 3.63) is 94.6 Å². The molecule has 0 bridgehead atoms. The van der Waals surface area contributed by atoms with E-state index in [9.17, 15) is 0 Å². The summed E-state index contributed by atoms with van der Waals surface area (Å²) in [6.45, 7) is 4.78. The maximum absolute atomic E-state index is 3.68. The second-order valence-corrected chi connectivity index (χ2v) is 10.9. The first-order chi connectivity index (χ1) is 16.8. The Hall–Kier alpha value is -2.58. The number of piperidine rings is 2. The van der Waals surface area contributed by atoms with Crippen LogP contribution in [0.4, 0.5) is 5.69 Å². The molecule has 2 saturated heterocycles. The molecule has 0 radical (unpaired) electrons. The fraction of sp³-hybridized carbons (Fsp3) is 0.438. The van der Waals surface area contributed by atoms with Crippen LogP contribution in [0, 0.1) is 5.41 Å². The van der Waals surface area contributed by atoms with Gasteiger partial charge < -0.3 is 10.2 Å². The molecule has 0 aromatic heterocycles. The van der Waals surface area contributed by atoms with Gasteiger partial charge in [0.1, 0.15) is 0 Å². The van der Waals surface area contributed by atoms with Gasteiger partial charge in [-0.25, -0.2) is 0 Å². The third kappa shape index (κ3) is 4.29. The van der Waals surface area contributed by atoms with Gasteiger partial charge in [0.25, 0.3) is 0 Å². The molecule has 34 heavy (non-hydrogen) atoms. The van der Waals surface area contributed by atoms with Crippen LogP contribution < -0.4 is 10.2 Å². The number of hydrogen-bond donors (Lipinski definition) is 1. The molecule has 2 nitrogen and oxygen atoms in total. The molecule has 2 fully saturated rings. The number of rotatable bonds is 3. The number of nitrogens with zero attached hydrogens (tertiary/aromatic N) is 1. The first kappa shape index (κ1) is 21.9. The van der Waals surface area contributed by atoms with Crippen molar-refractivity contribution in [1.82, 2.24) is 5.32 Å². The lowest BCUT2D eigenvalue weighted by molar-refractivity contribution is 0.173. The minimum absolute atomic E-state index is 0.478. The quantitative estimate of drug-likeness (QED) is 0.538. The largest absolute Gasteiger partial charge is 0.371 e. The summed E-state index contributed by atoms with van der Waals surface area (Å²) in [6.07, 6.45) is 18.2. The van der Waals surface area contributed by atoms with E-state index in [2.05, 4.69) is 77.0 Å². The molecule has 2 aromatic carbocycles. The van der Waals surface area contributed by atoms with Gasteiger partial charge >= 0.3 is 0 Å². The first-order valence-corrected chi connectivity index (χ1v) is 13.6. The van der Waals surface area contributed by atoms with Gasteiger partial charge in [0, 0.05) is 30.7 Å². The summed E-state index contributed by atoms with van der Waals surface area (Å²) in [5.41, 5.74) is 10.8. The summed E-state index contributed by atoms with van der Waals surface area (Å²) >= 11 is 0. The van der Waals surface area contributed by atoms with Crippen LogP contribution >= 0.6 is 0 Å². The molecule has 2 aromatic rings. The second kappa shape index (κ2) is 9.58. The molecular weight excluding hydrogens is 412 g/mol. The smallest absolute Gasteiger partial charge is 0.0366 e. The zero-order valence-electron chi connectivity index (χ0n) is 20.5. The highest BCUT2D eigenvalue weighted by atomic mass is 15.2. The average molecular weight is 451 g/mol. The average Bonchev–Trinajstić information content (AvgIpc) is 3.10. The maximum Gasteiger partial charge on any atom is 0.0366 e. The lowest BCUT2D eigenvalue weighted by atomic mass is 9.74. The summed E-state index contributed by atoms with van der Waals surface area (Å²) in [5.74, 6) is 0. The van der Waals surface area contributed by atoms with E-state index in [1.807, 2.05) is 0 Å². The fourth-order valence-electron chi connectivity index (χ4n) is 6.88. The Morgan fingerprint density at radius 2 is 1.74 bits per heavy atom. The van der Waals surface area contributed by atoms with Crippen LogP contribution in [-0.4, -0.2) is 26.2 Å². The van der Waals surface area contributed by atoms with Gasteiger partial charge in [-0.2, -0.15) is 0 Å². The molecule has 6 rings (SSSR count). The Balaban J connectivity index is 1.36. The van der Waals surface area contributed by atoms with Gasteiger partial charge in [-0.05, 0) is 110 Å². The Morgan fingerprint density at radius 3 is 2.56 bits per heavy atom. The van der Waals surface area contributed by atoms with Gasteiger partial charge in [-0.3, -0.25) is 0 Å². The molecule has 0 amide bonds. The van der Waals surface area contributed by atoms with E-state index in [1.165, 1.54) is 105 Å². The highest BCUT2D eigenvalue weighted by Gasteiger charge is 2.36. The number of aryl methyl sites for hydroxylation is 1. The predicted molar refractivity (Wildman–Crippen MR) is 144 cm³/mol. The topological polar surface area (TPSA) is 15.3 Å². The number of fused-ring (bicyclic) bond motifs is 1. The van der Waals surface area contributed by atoms with E-state index in [0.29, 0.717) is 5.41 Å². The van der Waals surface area contributed by atoms with Crippen LogP contribution in [0.1, 0.15) is 68.1 Å². The highest BCUT2D eigenvalue weighted by Crippen LogP contribution is 2.41. The molecule has 4 aliphatic rings. The van der Waals surface area contributed by atoms with Crippen LogP contribution in [-0.2, 0) is 6.42 Å². The molecule has 0 saturated carbocycles. The van der Waals surface area contributed by atoms with Crippen molar-refractivity contribution in [2.75, 3.05) is 31.1 Å². The van der Waals surface area contributed by atoms with Crippen LogP contribution in [0.3, 0.4) is 0 Å². The van der Waals surface area contributed by atoms with Crippen LogP contribution in [0.2, 0.25) is 0 Å². The minimum Gasteiger partial charge on any atom is -0.371 e. The highest BCUT2D eigenvalue weighted by molar-refractivity contribution is 5.87. The maximum atomic E-state index is 3.68. The zero-order chi connectivity index (χ0) is 22.8. The monoisotopic (exact) mass is 450 g/mol. The summed E-state index contributed by atoms with van der Waals surface area (Å²) in [7, 11) is 0. The molecule has 1 atom stereocenters. The Kier molecular flexibility index (Phi) is 6.18. The van der Waals surface area contributed by atoms with E-state index in [-0.39, 0.29) is 0 Å². The van der Waals surface area contributed by atoms with Crippen molar-refractivity contribution in [2.45, 2.75) is 57.8 Å². The van der Waals surface area contributed by atoms with Gasteiger partial charge in [-0.1, -0.05) is 54.6 Å². The van der Waals surface area contributed by atoms with E-state index in [4.69, 9.17) is 0 Å². The number of hydrogen-bond acceptors (Lipinski definition) is 2. The van der Waals surface area contributed by atoms with Crippen LogP contribution in [0.25, 0.3) is 5.57 Å². The van der Waals surface area contributed by atoms with Crippen molar-refractivity contribution >= 4 is 11.3 Å². The lowest BCUT2D eigenvalue weighted by Gasteiger charge is -2.46. The minimum atomic E-state index is 0.478. The molecule has 1 unspecified atom stereocenters. The Labute approximate surface area is 205 Å². The molecular formula is C32H38N2. The van der Waals surface area contributed by atoms with Gasteiger partial charge in [-0.15, -0.1) is 0 Å². The number of anilines is 1. The first-order valence-electron chi connectivity index (χ1n) is 13.6. The van der Waals surface area contributed by atoms with Crippen molar-refractivity contribution in [2.24, 2.45) is 5.41 Å². The number of allylic oxidation sites excluding steroid dienone is 5. The standard InChI is InChI=1S/C32H38N2/c1-2-9-25(10-3-1)30-14-6-12-26-11-4-5-13-29(26)31(30)27-15-17-28(18-16-27)34-22-8-20-32(24-34)19-7-21-33-23-32/h1-2,4-5,9,11,13,15-18,33H,3,6-8,10,12,14,19-24H2. The summed E-state index contributed by atoms with van der Waals surface area (Å²) in [4.78, 5) is 2.66. The van der Waals surface area contributed by atoms with E-state index in [0.717, 1.165) is 6.42 Å². The molecule has 2 aliphatic heterocycles. The second-order valence-electron chi connectivity index (χ2n) is 10.9. The van der Waals surface area contributed by atoms with Crippen LogP contribution in [0.15, 0.2) is 77.9 Å².